The van der Waals surface area contributed by atoms with E-state index in [-0.39, 0.29) is 11.9 Å². The molecule has 1 aromatic heterocycles. The fraction of sp³-hybridized carbons (Fsp3) is 0.267. The van der Waals surface area contributed by atoms with Crippen molar-refractivity contribution < 1.29 is 9.21 Å². The minimum absolute atomic E-state index is 0.148. The van der Waals surface area contributed by atoms with Crippen LogP contribution in [0.4, 0.5) is 0 Å². The summed E-state index contributed by atoms with van der Waals surface area (Å²) in [5.41, 5.74) is 7.32. The number of furan rings is 1. The van der Waals surface area contributed by atoms with Crippen molar-refractivity contribution in [3.8, 4) is 0 Å². The van der Waals surface area contributed by atoms with Gasteiger partial charge in [-0.25, -0.2) is 0 Å². The lowest BCUT2D eigenvalue weighted by Gasteiger charge is -2.17. The van der Waals surface area contributed by atoms with Gasteiger partial charge in [0, 0.05) is 13.0 Å². The van der Waals surface area contributed by atoms with Gasteiger partial charge in [0.05, 0.1) is 17.9 Å². The summed E-state index contributed by atoms with van der Waals surface area (Å²) >= 11 is 0. The fourth-order valence-electron chi connectivity index (χ4n) is 2.02. The smallest absolute Gasteiger partial charge is 0.255 e. The summed E-state index contributed by atoms with van der Waals surface area (Å²) in [6, 6.07) is 11.2. The zero-order chi connectivity index (χ0) is 13.7. The van der Waals surface area contributed by atoms with Crippen LogP contribution in [0.5, 0.6) is 0 Å². The molecule has 3 N–H and O–H groups in total. The van der Waals surface area contributed by atoms with Crippen molar-refractivity contribution >= 4 is 5.91 Å². The molecule has 2 aromatic rings. The molecule has 1 aromatic carbocycles. The molecule has 19 heavy (non-hydrogen) atoms. The first kappa shape index (κ1) is 13.4. The van der Waals surface area contributed by atoms with Crippen molar-refractivity contribution in [2.45, 2.75) is 19.4 Å². The number of amides is 1. The summed E-state index contributed by atoms with van der Waals surface area (Å²) in [5, 5.41) is 2.94. The average Bonchev–Trinajstić information content (AvgIpc) is 2.94. The molecule has 4 heteroatoms. The Hall–Kier alpha value is -2.07. The highest BCUT2D eigenvalue weighted by Gasteiger charge is 2.17. The predicted octanol–water partition coefficient (Wildman–Crippen LogP) is 2.27. The van der Waals surface area contributed by atoms with Crippen LogP contribution in [0.2, 0.25) is 0 Å². The van der Waals surface area contributed by atoms with E-state index in [1.165, 1.54) is 6.26 Å². The number of aryl methyl sites for hydroxylation is 1. The number of carbonyl (C=O) groups excluding carboxylic acids is 1. The Bertz CT molecular complexity index is 534. The van der Waals surface area contributed by atoms with E-state index in [0.29, 0.717) is 24.3 Å². The van der Waals surface area contributed by atoms with Gasteiger partial charge >= 0.3 is 0 Å². The summed E-state index contributed by atoms with van der Waals surface area (Å²) in [6.07, 6.45) is 2.22. The highest BCUT2D eigenvalue weighted by atomic mass is 16.3. The molecule has 1 atom stereocenters. The summed E-state index contributed by atoms with van der Waals surface area (Å²) in [5.74, 6) is 0.547. The first-order chi connectivity index (χ1) is 9.26. The topological polar surface area (TPSA) is 68.3 Å². The second-order valence-electron chi connectivity index (χ2n) is 4.28. The van der Waals surface area contributed by atoms with E-state index in [2.05, 4.69) is 5.32 Å². The maximum absolute atomic E-state index is 12.2. The molecule has 4 nitrogen and oxygen atoms in total. The van der Waals surface area contributed by atoms with Crippen LogP contribution in [0, 0.1) is 0 Å². The van der Waals surface area contributed by atoms with Crippen LogP contribution >= 0.6 is 0 Å². The summed E-state index contributed by atoms with van der Waals surface area (Å²) in [7, 11) is 0. The Morgan fingerprint density at radius 2 is 2.05 bits per heavy atom. The number of carbonyl (C=O) groups is 1. The molecule has 0 saturated carbocycles. The molecule has 0 aliphatic carbocycles. The van der Waals surface area contributed by atoms with E-state index in [1.54, 1.807) is 6.07 Å². The van der Waals surface area contributed by atoms with Gasteiger partial charge in [0.15, 0.2) is 0 Å². The highest BCUT2D eigenvalue weighted by molar-refractivity contribution is 5.95. The Morgan fingerprint density at radius 3 is 2.68 bits per heavy atom. The van der Waals surface area contributed by atoms with Crippen molar-refractivity contribution in [1.29, 1.82) is 0 Å². The predicted molar refractivity (Wildman–Crippen MR) is 73.8 cm³/mol. The second kappa shape index (κ2) is 6.20. The summed E-state index contributed by atoms with van der Waals surface area (Å²) in [4.78, 5) is 12.2. The Morgan fingerprint density at radius 1 is 1.32 bits per heavy atom. The standard InChI is InChI=1S/C15H18N2O2/c1-2-14-12(8-9-19-14)15(18)17-13(10-16)11-6-4-3-5-7-11/h3-9,13H,2,10,16H2,1H3,(H,17,18). The van der Waals surface area contributed by atoms with E-state index in [0.717, 1.165) is 5.56 Å². The normalized spacial score (nSPS) is 12.1. The van der Waals surface area contributed by atoms with Crippen molar-refractivity contribution in [3.63, 3.8) is 0 Å². The molecule has 1 unspecified atom stereocenters. The van der Waals surface area contributed by atoms with E-state index in [4.69, 9.17) is 10.2 Å². The SMILES string of the molecule is CCc1occc1C(=O)NC(CN)c1ccccc1. The van der Waals surface area contributed by atoms with Crippen LogP contribution in [0.1, 0.15) is 34.6 Å². The van der Waals surface area contributed by atoms with Crippen LogP contribution in [0.15, 0.2) is 47.1 Å². The van der Waals surface area contributed by atoms with Crippen LogP contribution in [0.3, 0.4) is 0 Å². The van der Waals surface area contributed by atoms with Gasteiger partial charge in [-0.05, 0) is 11.6 Å². The zero-order valence-electron chi connectivity index (χ0n) is 10.9. The van der Waals surface area contributed by atoms with Gasteiger partial charge in [0.25, 0.3) is 5.91 Å². The highest BCUT2D eigenvalue weighted by Crippen LogP contribution is 2.15. The van der Waals surface area contributed by atoms with Crippen LogP contribution in [0.25, 0.3) is 0 Å². The number of nitrogens with two attached hydrogens (primary N) is 1. The minimum Gasteiger partial charge on any atom is -0.469 e. The summed E-state index contributed by atoms with van der Waals surface area (Å²) in [6.45, 7) is 2.31. The third-order valence-electron chi connectivity index (χ3n) is 3.05. The zero-order valence-corrected chi connectivity index (χ0v) is 10.9. The van der Waals surface area contributed by atoms with Crippen molar-refractivity contribution in [1.82, 2.24) is 5.32 Å². The number of rotatable bonds is 5. The van der Waals surface area contributed by atoms with Crippen LogP contribution in [-0.4, -0.2) is 12.5 Å². The number of hydrogen-bond donors (Lipinski definition) is 2. The van der Waals surface area contributed by atoms with E-state index >= 15 is 0 Å². The van der Waals surface area contributed by atoms with Gasteiger partial charge in [-0.3, -0.25) is 4.79 Å². The first-order valence-corrected chi connectivity index (χ1v) is 6.38. The maximum atomic E-state index is 12.2. The van der Waals surface area contributed by atoms with Gasteiger partial charge in [-0.2, -0.15) is 0 Å². The lowest BCUT2D eigenvalue weighted by molar-refractivity contribution is 0.0936. The second-order valence-corrected chi connectivity index (χ2v) is 4.28. The molecule has 1 heterocycles. The van der Waals surface area contributed by atoms with Crippen molar-refractivity contribution in [2.24, 2.45) is 5.73 Å². The van der Waals surface area contributed by atoms with Crippen molar-refractivity contribution in [3.05, 3.63) is 59.5 Å². The lowest BCUT2D eigenvalue weighted by atomic mass is 10.1. The van der Waals surface area contributed by atoms with Crippen LogP contribution < -0.4 is 11.1 Å². The molecule has 100 valence electrons. The molecule has 1 amide bonds. The monoisotopic (exact) mass is 258 g/mol. The molecule has 2 rings (SSSR count). The molecule has 0 radical (unpaired) electrons. The molecule has 0 aliphatic rings. The Kier molecular flexibility index (Phi) is 4.36. The lowest BCUT2D eigenvalue weighted by Crippen LogP contribution is -2.33. The molecule has 0 bridgehead atoms. The van der Waals surface area contributed by atoms with Gasteiger partial charge in [-0.1, -0.05) is 37.3 Å². The fourth-order valence-corrected chi connectivity index (χ4v) is 2.02. The maximum Gasteiger partial charge on any atom is 0.255 e. The van der Waals surface area contributed by atoms with E-state index in [1.807, 2.05) is 37.3 Å². The molecule has 0 fully saturated rings. The number of benzene rings is 1. The summed E-state index contributed by atoms with van der Waals surface area (Å²) < 4.78 is 5.26. The van der Waals surface area contributed by atoms with Gasteiger partial charge in [0.2, 0.25) is 0 Å². The quantitative estimate of drug-likeness (QED) is 0.864. The van der Waals surface area contributed by atoms with E-state index in [9.17, 15) is 4.79 Å². The third kappa shape index (κ3) is 3.03. The van der Waals surface area contributed by atoms with Gasteiger partial charge in [0.1, 0.15) is 5.76 Å². The van der Waals surface area contributed by atoms with Gasteiger partial charge < -0.3 is 15.5 Å². The van der Waals surface area contributed by atoms with E-state index < -0.39 is 0 Å². The molecule has 0 saturated heterocycles. The molecular weight excluding hydrogens is 240 g/mol. The largest absolute Gasteiger partial charge is 0.469 e. The molecule has 0 spiro atoms. The molecule has 0 aliphatic heterocycles. The average molecular weight is 258 g/mol. The first-order valence-electron chi connectivity index (χ1n) is 6.38. The molecular formula is C15H18N2O2. The Balaban J connectivity index is 2.13. The minimum atomic E-state index is -0.187. The van der Waals surface area contributed by atoms with Crippen LogP contribution in [-0.2, 0) is 6.42 Å². The number of hydrogen-bond acceptors (Lipinski definition) is 3. The number of nitrogens with one attached hydrogen (secondary N) is 1. The third-order valence-corrected chi connectivity index (χ3v) is 3.05. The van der Waals surface area contributed by atoms with Crippen molar-refractivity contribution in [2.75, 3.05) is 6.54 Å². The van der Waals surface area contributed by atoms with Gasteiger partial charge in [-0.15, -0.1) is 0 Å². The Labute approximate surface area is 112 Å².